The topological polar surface area (TPSA) is 80.8 Å². The van der Waals surface area contributed by atoms with Gasteiger partial charge in [0.2, 0.25) is 11.8 Å². The molecule has 35 heavy (non-hydrogen) atoms. The molecule has 2 aliphatic rings. The number of fused-ring (bicyclic) bond motifs is 1. The van der Waals surface area contributed by atoms with Crippen LogP contribution in [0.1, 0.15) is 51.5 Å². The van der Waals surface area contributed by atoms with Gasteiger partial charge in [-0.15, -0.1) is 0 Å². The van der Waals surface area contributed by atoms with Crippen LogP contribution in [0.25, 0.3) is 0 Å². The van der Waals surface area contributed by atoms with Gasteiger partial charge in [-0.1, -0.05) is 66.7 Å². The molecule has 0 spiro atoms. The largest absolute Gasteiger partial charge is 0.454 e. The summed E-state index contributed by atoms with van der Waals surface area (Å²) in [5.41, 5.74) is 2.19. The molecule has 5 rings (SSSR count). The third-order valence-electron chi connectivity index (χ3n) is 6.97. The SMILES string of the molecule is O=C(COC(=O)c1cccc(N2C(=O)[C@@H]3CC[C@@H](c4ccccc4)C[C@H]3C2=O)c1)c1ccccc1. The highest BCUT2D eigenvalue weighted by Crippen LogP contribution is 2.45. The van der Waals surface area contributed by atoms with Crippen LogP contribution in [0.3, 0.4) is 0 Å². The Labute approximate surface area is 203 Å². The molecule has 176 valence electrons. The predicted molar refractivity (Wildman–Crippen MR) is 130 cm³/mol. The summed E-state index contributed by atoms with van der Waals surface area (Å²) in [6, 6.07) is 25.0. The lowest BCUT2D eigenvalue weighted by atomic mass is 9.73. The number of rotatable bonds is 6. The molecule has 3 atom stereocenters. The summed E-state index contributed by atoms with van der Waals surface area (Å²) in [5.74, 6) is -1.87. The molecular weight excluding hydrogens is 442 g/mol. The van der Waals surface area contributed by atoms with Crippen molar-refractivity contribution >= 4 is 29.3 Å². The van der Waals surface area contributed by atoms with Crippen molar-refractivity contribution in [1.29, 1.82) is 0 Å². The standard InChI is InChI=1S/C29H25NO5/c31-26(20-10-5-2-6-11-20)18-35-29(34)22-12-7-13-23(16-22)30-27(32)24-15-14-21(17-25(24)28(30)33)19-8-3-1-4-9-19/h1-13,16,21,24-25H,14-15,17-18H2/t21-,24-,25-/m1/s1. The molecule has 1 heterocycles. The zero-order valence-electron chi connectivity index (χ0n) is 19.1. The van der Waals surface area contributed by atoms with E-state index in [1.54, 1.807) is 48.5 Å². The third kappa shape index (κ3) is 4.52. The van der Waals surface area contributed by atoms with Crippen LogP contribution < -0.4 is 4.90 Å². The molecule has 2 fully saturated rings. The van der Waals surface area contributed by atoms with Crippen LogP contribution in [0, 0.1) is 11.8 Å². The molecule has 1 aliphatic heterocycles. The fraction of sp³-hybridized carbons (Fsp3) is 0.241. The van der Waals surface area contributed by atoms with Crippen LogP contribution in [0.4, 0.5) is 5.69 Å². The molecule has 0 N–H and O–H groups in total. The normalized spacial score (nSPS) is 21.5. The number of anilines is 1. The minimum atomic E-state index is -0.684. The molecule has 0 aromatic heterocycles. The number of hydrogen-bond donors (Lipinski definition) is 0. The van der Waals surface area contributed by atoms with Crippen LogP contribution in [-0.4, -0.2) is 30.2 Å². The van der Waals surface area contributed by atoms with Gasteiger partial charge in [0, 0.05) is 5.56 Å². The van der Waals surface area contributed by atoms with Gasteiger partial charge in [0.05, 0.1) is 23.1 Å². The average molecular weight is 468 g/mol. The number of imide groups is 1. The van der Waals surface area contributed by atoms with E-state index in [0.29, 0.717) is 24.1 Å². The van der Waals surface area contributed by atoms with Gasteiger partial charge in [0.25, 0.3) is 0 Å². The van der Waals surface area contributed by atoms with E-state index in [1.807, 2.05) is 18.2 Å². The molecule has 0 unspecified atom stereocenters. The number of ether oxygens (including phenoxy) is 1. The Morgan fingerprint density at radius 1 is 0.771 bits per heavy atom. The molecule has 3 aromatic rings. The van der Waals surface area contributed by atoms with Crippen molar-refractivity contribution in [3.05, 3.63) is 102 Å². The molecule has 0 bridgehead atoms. The van der Waals surface area contributed by atoms with Crippen LogP contribution >= 0.6 is 0 Å². The highest BCUT2D eigenvalue weighted by atomic mass is 16.5. The molecule has 1 saturated heterocycles. The maximum atomic E-state index is 13.3. The lowest BCUT2D eigenvalue weighted by Gasteiger charge is -2.28. The highest BCUT2D eigenvalue weighted by Gasteiger charge is 2.50. The summed E-state index contributed by atoms with van der Waals surface area (Å²) in [6.45, 7) is -0.389. The van der Waals surface area contributed by atoms with Gasteiger partial charge in [-0.2, -0.15) is 0 Å². The number of amides is 2. The van der Waals surface area contributed by atoms with E-state index in [-0.39, 0.29) is 47.5 Å². The van der Waals surface area contributed by atoms with E-state index in [0.717, 1.165) is 6.42 Å². The summed E-state index contributed by atoms with van der Waals surface area (Å²) in [4.78, 5) is 52.6. The number of carbonyl (C=O) groups is 4. The second-order valence-electron chi connectivity index (χ2n) is 9.06. The molecule has 6 nitrogen and oxygen atoms in total. The van der Waals surface area contributed by atoms with E-state index in [9.17, 15) is 19.2 Å². The van der Waals surface area contributed by atoms with Gasteiger partial charge in [0.15, 0.2) is 12.4 Å². The third-order valence-corrected chi connectivity index (χ3v) is 6.97. The number of nitrogens with zero attached hydrogens (tertiary/aromatic N) is 1. The molecule has 0 radical (unpaired) electrons. The minimum absolute atomic E-state index is 0.181. The maximum Gasteiger partial charge on any atom is 0.338 e. The van der Waals surface area contributed by atoms with Gasteiger partial charge < -0.3 is 4.74 Å². The summed E-state index contributed by atoms with van der Waals surface area (Å²) < 4.78 is 5.20. The second kappa shape index (κ2) is 9.66. The molecule has 3 aromatic carbocycles. The van der Waals surface area contributed by atoms with Crippen LogP contribution in [-0.2, 0) is 14.3 Å². The molecule has 1 saturated carbocycles. The number of esters is 1. The van der Waals surface area contributed by atoms with E-state index in [4.69, 9.17) is 4.74 Å². The van der Waals surface area contributed by atoms with E-state index in [2.05, 4.69) is 12.1 Å². The monoisotopic (exact) mass is 467 g/mol. The van der Waals surface area contributed by atoms with E-state index in [1.165, 1.54) is 16.5 Å². The Bertz CT molecular complexity index is 1270. The molecule has 2 amide bonds. The summed E-state index contributed by atoms with van der Waals surface area (Å²) in [5, 5.41) is 0. The zero-order chi connectivity index (χ0) is 24.4. The quantitative estimate of drug-likeness (QED) is 0.296. The summed E-state index contributed by atoms with van der Waals surface area (Å²) in [6.07, 6.45) is 2.16. The summed E-state index contributed by atoms with van der Waals surface area (Å²) in [7, 11) is 0. The lowest BCUT2D eigenvalue weighted by Crippen LogP contribution is -2.31. The predicted octanol–water partition coefficient (Wildman–Crippen LogP) is 4.80. The van der Waals surface area contributed by atoms with Crippen LogP contribution in [0.2, 0.25) is 0 Å². The first-order chi connectivity index (χ1) is 17.0. The maximum absolute atomic E-state index is 13.3. The Morgan fingerprint density at radius 3 is 2.17 bits per heavy atom. The Morgan fingerprint density at radius 2 is 1.43 bits per heavy atom. The van der Waals surface area contributed by atoms with E-state index < -0.39 is 5.97 Å². The number of benzene rings is 3. The first-order valence-electron chi connectivity index (χ1n) is 11.8. The Hall–Kier alpha value is -4.06. The van der Waals surface area contributed by atoms with Gasteiger partial charge in [0.1, 0.15) is 0 Å². The molecular formula is C29H25NO5. The van der Waals surface area contributed by atoms with Gasteiger partial charge in [-0.3, -0.25) is 19.3 Å². The average Bonchev–Trinajstić information content (AvgIpc) is 3.17. The number of Topliss-reactive ketones (excluding diaryl/α,β-unsaturated/α-hetero) is 1. The first kappa shape index (κ1) is 22.7. The highest BCUT2D eigenvalue weighted by molar-refractivity contribution is 6.22. The minimum Gasteiger partial charge on any atom is -0.454 e. The van der Waals surface area contributed by atoms with Gasteiger partial charge >= 0.3 is 5.97 Å². The smallest absolute Gasteiger partial charge is 0.338 e. The van der Waals surface area contributed by atoms with Crippen molar-refractivity contribution in [2.75, 3.05) is 11.5 Å². The lowest BCUT2D eigenvalue weighted by molar-refractivity contribution is -0.122. The van der Waals surface area contributed by atoms with Crippen molar-refractivity contribution in [3.8, 4) is 0 Å². The summed E-state index contributed by atoms with van der Waals surface area (Å²) >= 11 is 0. The fourth-order valence-electron chi connectivity index (χ4n) is 5.16. The van der Waals surface area contributed by atoms with Crippen molar-refractivity contribution in [2.24, 2.45) is 11.8 Å². The van der Waals surface area contributed by atoms with Crippen LogP contribution in [0.15, 0.2) is 84.9 Å². The Kier molecular flexibility index (Phi) is 6.27. The van der Waals surface area contributed by atoms with Crippen molar-refractivity contribution in [2.45, 2.75) is 25.2 Å². The van der Waals surface area contributed by atoms with E-state index >= 15 is 0 Å². The zero-order valence-corrected chi connectivity index (χ0v) is 19.1. The van der Waals surface area contributed by atoms with Crippen molar-refractivity contribution < 1.29 is 23.9 Å². The number of ketones is 1. The van der Waals surface area contributed by atoms with Crippen LogP contribution in [0.5, 0.6) is 0 Å². The van der Waals surface area contributed by atoms with Crippen molar-refractivity contribution in [3.63, 3.8) is 0 Å². The van der Waals surface area contributed by atoms with Gasteiger partial charge in [-0.25, -0.2) is 4.79 Å². The Balaban J connectivity index is 1.29. The molecule has 6 heteroatoms. The molecule has 1 aliphatic carbocycles. The number of hydrogen-bond acceptors (Lipinski definition) is 5. The second-order valence-corrected chi connectivity index (χ2v) is 9.06. The first-order valence-corrected chi connectivity index (χ1v) is 11.8. The van der Waals surface area contributed by atoms with Crippen molar-refractivity contribution in [1.82, 2.24) is 0 Å². The van der Waals surface area contributed by atoms with Gasteiger partial charge in [-0.05, 0) is 48.9 Å². The fourth-order valence-corrected chi connectivity index (χ4v) is 5.16. The number of carbonyl (C=O) groups excluding carboxylic acids is 4.